The van der Waals surface area contributed by atoms with E-state index in [1.165, 1.54) is 19.1 Å². The number of fused-ring (bicyclic) bond motifs is 1. The minimum Gasteiger partial charge on any atom is -0.476 e. The SMILES string of the molecule is C#C[C@]1(F)[C@H](n2cnc3c(OCC)nc(N)nc32)O[C@](F)(COP(=O)(N[C@@H](C)C(=O)OC2CCCCC2)Oc2ccccc2)[C@H]1O. The van der Waals surface area contributed by atoms with Crippen molar-refractivity contribution in [1.82, 2.24) is 24.6 Å². The monoisotopic (exact) mass is 664 g/mol. The predicted octanol–water partition coefficient (Wildman–Crippen LogP) is 3.76. The number of benzene rings is 1. The molecule has 1 unspecified atom stereocenters. The molecular weight excluding hydrogens is 629 g/mol. The third-order valence-corrected chi connectivity index (χ3v) is 9.20. The number of terminal acetylenes is 1. The van der Waals surface area contributed by atoms with E-state index in [1.807, 2.05) is 0 Å². The first-order chi connectivity index (χ1) is 21.9. The first-order valence-corrected chi connectivity index (χ1v) is 16.3. The number of rotatable bonds is 12. The Morgan fingerprint density at radius 2 is 2.00 bits per heavy atom. The number of nitrogens with zero attached hydrogens (tertiary/aromatic N) is 4. The first-order valence-electron chi connectivity index (χ1n) is 14.7. The van der Waals surface area contributed by atoms with Crippen molar-refractivity contribution in [3.05, 3.63) is 36.7 Å². The van der Waals surface area contributed by atoms with Crippen LogP contribution in [0.25, 0.3) is 11.2 Å². The number of anilines is 1. The number of imidazole rings is 1. The number of carbonyl (C=O) groups excluding carboxylic acids is 1. The summed E-state index contributed by atoms with van der Waals surface area (Å²) in [4.78, 5) is 24.9. The zero-order valence-electron chi connectivity index (χ0n) is 25.2. The first kappa shape index (κ1) is 33.5. The van der Waals surface area contributed by atoms with Crippen LogP contribution >= 0.6 is 7.75 Å². The number of hydrogen-bond donors (Lipinski definition) is 3. The largest absolute Gasteiger partial charge is 0.476 e. The van der Waals surface area contributed by atoms with Gasteiger partial charge in [0.1, 0.15) is 24.5 Å². The summed E-state index contributed by atoms with van der Waals surface area (Å²) in [6, 6.07) is 6.50. The summed E-state index contributed by atoms with van der Waals surface area (Å²) in [5.41, 5.74) is 2.49. The molecule has 1 aromatic carbocycles. The van der Waals surface area contributed by atoms with Crippen molar-refractivity contribution < 1.29 is 46.5 Å². The van der Waals surface area contributed by atoms with E-state index in [9.17, 15) is 14.5 Å². The van der Waals surface area contributed by atoms with Gasteiger partial charge < -0.3 is 29.6 Å². The van der Waals surface area contributed by atoms with Crippen LogP contribution in [0.1, 0.15) is 52.2 Å². The lowest BCUT2D eigenvalue weighted by Gasteiger charge is -2.28. The van der Waals surface area contributed by atoms with Gasteiger partial charge in [-0.3, -0.25) is 13.9 Å². The molecule has 0 spiro atoms. The lowest BCUT2D eigenvalue weighted by Crippen LogP contribution is -2.48. The lowest BCUT2D eigenvalue weighted by molar-refractivity contribution is -0.202. The fourth-order valence-corrected chi connectivity index (χ4v) is 6.75. The highest BCUT2D eigenvalue weighted by molar-refractivity contribution is 7.52. The van der Waals surface area contributed by atoms with Gasteiger partial charge in [0.2, 0.25) is 17.5 Å². The molecule has 46 heavy (non-hydrogen) atoms. The number of alkyl halides is 2. The zero-order valence-corrected chi connectivity index (χ0v) is 26.1. The van der Waals surface area contributed by atoms with Crippen molar-refractivity contribution >= 4 is 30.8 Å². The van der Waals surface area contributed by atoms with Gasteiger partial charge in [0.15, 0.2) is 23.5 Å². The number of nitrogen functional groups attached to an aromatic ring is 1. The van der Waals surface area contributed by atoms with Crippen molar-refractivity contribution in [2.24, 2.45) is 0 Å². The third-order valence-electron chi connectivity index (χ3n) is 7.58. The maximum absolute atomic E-state index is 16.4. The number of hydrogen-bond acceptors (Lipinski definition) is 12. The van der Waals surface area contributed by atoms with Crippen LogP contribution in [0, 0.1) is 12.3 Å². The topological polar surface area (TPSA) is 182 Å². The van der Waals surface area contributed by atoms with E-state index in [1.54, 1.807) is 31.0 Å². The zero-order chi connectivity index (χ0) is 33.1. The van der Waals surface area contributed by atoms with Gasteiger partial charge in [0.25, 0.3) is 5.85 Å². The molecule has 3 aromatic rings. The maximum Gasteiger partial charge on any atom is 0.459 e. The molecule has 2 fully saturated rings. The van der Waals surface area contributed by atoms with Gasteiger partial charge in [0, 0.05) is 0 Å². The summed E-state index contributed by atoms with van der Waals surface area (Å²) < 4.78 is 75.0. The van der Waals surface area contributed by atoms with Gasteiger partial charge in [-0.1, -0.05) is 30.5 Å². The molecule has 0 bridgehead atoms. The van der Waals surface area contributed by atoms with Gasteiger partial charge in [-0.05, 0) is 51.7 Å². The summed E-state index contributed by atoms with van der Waals surface area (Å²) in [7, 11) is -4.65. The van der Waals surface area contributed by atoms with E-state index >= 15 is 8.78 Å². The number of para-hydroxylation sites is 1. The molecule has 2 aliphatic rings. The highest BCUT2D eigenvalue weighted by Crippen LogP contribution is 2.52. The van der Waals surface area contributed by atoms with Crippen molar-refractivity contribution in [3.8, 4) is 24.0 Å². The average molecular weight is 665 g/mol. The number of aromatic nitrogens is 4. The van der Waals surface area contributed by atoms with E-state index in [-0.39, 0.29) is 41.5 Å². The smallest absolute Gasteiger partial charge is 0.459 e. The van der Waals surface area contributed by atoms with Gasteiger partial charge >= 0.3 is 13.7 Å². The Hall–Kier alpha value is -3.87. The fraction of sp³-hybridized carbons (Fsp3) is 0.517. The van der Waals surface area contributed by atoms with Gasteiger partial charge in [-0.25, -0.2) is 18.3 Å². The molecule has 1 saturated carbocycles. The van der Waals surface area contributed by atoms with E-state index in [0.29, 0.717) is 12.8 Å². The number of halogens is 2. The van der Waals surface area contributed by atoms with Crippen LogP contribution in [0.4, 0.5) is 14.7 Å². The van der Waals surface area contributed by atoms with Gasteiger partial charge in [-0.2, -0.15) is 15.1 Å². The van der Waals surface area contributed by atoms with E-state index < -0.39 is 50.2 Å². The number of nitrogens with one attached hydrogen (secondary N) is 1. The molecule has 1 aliphatic carbocycles. The van der Waals surface area contributed by atoms with Crippen molar-refractivity contribution in [1.29, 1.82) is 0 Å². The minimum absolute atomic E-state index is 0.0245. The standard InChI is InChI=1S/C29H35F2N6O8P/c1-4-28(30)25(39)29(31,44-26(28)37-17-33-21-22(37)34-27(32)35-23(21)41-5-2)16-42-46(40,45-20-14-10-7-11-15-20)36-18(3)24(38)43-19-12-8-6-9-13-19/h1,7,10-11,14-15,17-19,25-26,39H,5-6,8-9,12-13,16H2,2-3H3,(H,36,40)(H2,32,34,35)/t18-,25-,26+,28+,29+,46?/m0/s1. The third kappa shape index (κ3) is 6.79. The van der Waals surface area contributed by atoms with E-state index in [4.69, 9.17) is 35.4 Å². The number of aliphatic hydroxyl groups excluding tert-OH is 1. The summed E-state index contributed by atoms with van der Waals surface area (Å²) in [6.07, 6.45) is 5.76. The quantitative estimate of drug-likeness (QED) is 0.145. The second-order valence-electron chi connectivity index (χ2n) is 10.9. The molecule has 3 heterocycles. The molecule has 2 aromatic heterocycles. The number of esters is 1. The lowest BCUT2D eigenvalue weighted by atomic mass is 9.96. The molecule has 5 rings (SSSR count). The maximum atomic E-state index is 16.4. The Labute approximate surface area is 263 Å². The molecule has 0 radical (unpaired) electrons. The molecule has 14 nitrogen and oxygen atoms in total. The Kier molecular flexibility index (Phi) is 9.81. The molecule has 248 valence electrons. The Bertz CT molecular complexity index is 1640. The normalized spacial score (nSPS) is 27.0. The Morgan fingerprint density at radius 1 is 1.28 bits per heavy atom. The molecule has 1 aliphatic heterocycles. The fourth-order valence-electron chi connectivity index (χ4n) is 5.24. The van der Waals surface area contributed by atoms with Crippen molar-refractivity contribution in [2.75, 3.05) is 18.9 Å². The van der Waals surface area contributed by atoms with Crippen LogP contribution in [-0.2, 0) is 23.4 Å². The van der Waals surface area contributed by atoms with Crippen LogP contribution in [0.3, 0.4) is 0 Å². The summed E-state index contributed by atoms with van der Waals surface area (Å²) >= 11 is 0. The second-order valence-corrected chi connectivity index (χ2v) is 12.6. The molecule has 17 heteroatoms. The van der Waals surface area contributed by atoms with Crippen LogP contribution < -0.4 is 20.1 Å². The summed E-state index contributed by atoms with van der Waals surface area (Å²) in [5, 5.41) is 13.4. The Balaban J connectivity index is 1.39. The molecule has 1 saturated heterocycles. The number of carbonyl (C=O) groups is 1. The van der Waals surface area contributed by atoms with Crippen molar-refractivity contribution in [2.45, 2.75) is 82.0 Å². The number of aliphatic hydroxyl groups is 1. The average Bonchev–Trinajstić information content (AvgIpc) is 3.54. The van der Waals surface area contributed by atoms with Gasteiger partial charge in [0.05, 0.1) is 12.9 Å². The predicted molar refractivity (Wildman–Crippen MR) is 160 cm³/mol. The highest BCUT2D eigenvalue weighted by Gasteiger charge is 2.67. The van der Waals surface area contributed by atoms with Crippen LogP contribution in [0.2, 0.25) is 0 Å². The van der Waals surface area contributed by atoms with Crippen molar-refractivity contribution in [3.63, 3.8) is 0 Å². The number of nitrogens with two attached hydrogens (primary N) is 1. The van der Waals surface area contributed by atoms with Crippen LogP contribution in [-0.4, -0.2) is 73.6 Å². The van der Waals surface area contributed by atoms with Crippen LogP contribution in [0.15, 0.2) is 36.7 Å². The number of ether oxygens (including phenoxy) is 3. The van der Waals surface area contributed by atoms with Crippen LogP contribution in [0.5, 0.6) is 11.6 Å². The second kappa shape index (κ2) is 13.5. The Morgan fingerprint density at radius 3 is 2.67 bits per heavy atom. The highest BCUT2D eigenvalue weighted by atomic mass is 31.2. The molecule has 4 N–H and O–H groups in total. The molecule has 0 amide bonds. The minimum atomic E-state index is -4.65. The van der Waals surface area contributed by atoms with E-state index in [0.717, 1.165) is 30.2 Å². The summed E-state index contributed by atoms with van der Waals surface area (Å²) in [5.74, 6) is -2.62. The summed E-state index contributed by atoms with van der Waals surface area (Å²) in [6.45, 7) is 1.90. The molecule has 6 atom stereocenters. The molecular formula is C29H35F2N6O8P. The van der Waals surface area contributed by atoms with Gasteiger partial charge in [-0.15, -0.1) is 6.42 Å². The van der Waals surface area contributed by atoms with E-state index in [2.05, 4.69) is 20.0 Å².